The molecule has 1 N–H and O–H groups in total. The molecule has 0 aliphatic carbocycles. The van der Waals surface area contributed by atoms with Gasteiger partial charge in [0.25, 0.3) is 0 Å². The minimum atomic E-state index is -3.73. The average Bonchev–Trinajstić information content (AvgIpc) is 2.77. The summed E-state index contributed by atoms with van der Waals surface area (Å²) in [6.45, 7) is 0.0954. The van der Waals surface area contributed by atoms with Crippen molar-refractivity contribution in [2.45, 2.75) is 13.2 Å². The minimum Gasteiger partial charge on any atom is -0.489 e. The zero-order valence-corrected chi connectivity index (χ0v) is 19.9. The van der Waals surface area contributed by atoms with E-state index in [2.05, 4.69) is 5.32 Å². The van der Waals surface area contributed by atoms with Crippen molar-refractivity contribution >= 4 is 44.8 Å². The second-order valence-corrected chi connectivity index (χ2v) is 9.93. The first-order valence-corrected chi connectivity index (χ1v) is 12.4. The van der Waals surface area contributed by atoms with E-state index in [-0.39, 0.29) is 28.1 Å². The molecular weight excluding hydrogens is 490 g/mol. The predicted octanol–water partition coefficient (Wildman–Crippen LogP) is 4.79. The minimum absolute atomic E-state index is 0.185. The molecule has 33 heavy (non-hydrogen) atoms. The zero-order chi connectivity index (χ0) is 24.0. The van der Waals surface area contributed by atoms with Gasteiger partial charge < -0.3 is 10.1 Å². The van der Waals surface area contributed by atoms with Crippen molar-refractivity contribution in [3.05, 3.63) is 93.7 Å². The van der Waals surface area contributed by atoms with E-state index in [0.717, 1.165) is 21.7 Å². The Bertz CT molecular complexity index is 1220. The highest BCUT2D eigenvalue weighted by molar-refractivity contribution is 7.92. The molecule has 3 aromatic carbocycles. The molecular formula is C23H21Cl2FN2O4S. The molecule has 0 radical (unpaired) electrons. The number of halogens is 3. The number of benzene rings is 3. The van der Waals surface area contributed by atoms with E-state index in [1.807, 2.05) is 0 Å². The molecule has 3 rings (SSSR count). The topological polar surface area (TPSA) is 75.7 Å². The number of hydrogen-bond donors (Lipinski definition) is 1. The summed E-state index contributed by atoms with van der Waals surface area (Å²) in [6, 6.07) is 17.5. The van der Waals surface area contributed by atoms with Crippen LogP contribution < -0.4 is 14.4 Å². The number of nitrogens with one attached hydrogen (secondary N) is 1. The van der Waals surface area contributed by atoms with E-state index in [9.17, 15) is 17.6 Å². The summed E-state index contributed by atoms with van der Waals surface area (Å²) in [5, 5.41) is 3.17. The third-order valence-electron chi connectivity index (χ3n) is 4.61. The highest BCUT2D eigenvalue weighted by atomic mass is 35.5. The summed E-state index contributed by atoms with van der Waals surface area (Å²) in [5.74, 6) is -0.165. The third-order valence-corrected chi connectivity index (χ3v) is 6.49. The average molecular weight is 511 g/mol. The Kier molecular flexibility index (Phi) is 8.18. The second-order valence-electron chi connectivity index (χ2n) is 7.20. The van der Waals surface area contributed by atoms with Gasteiger partial charge >= 0.3 is 0 Å². The molecule has 0 unspecified atom stereocenters. The van der Waals surface area contributed by atoms with Crippen molar-refractivity contribution in [1.29, 1.82) is 0 Å². The SMILES string of the molecule is CS(=O)(=O)N(CC(=O)NCc1ccc(OCc2ccc(F)cc2)cc1)c1ccc(Cl)c(Cl)c1. The molecule has 0 atom stereocenters. The molecule has 3 aromatic rings. The molecule has 1 amide bonds. The van der Waals surface area contributed by atoms with Gasteiger partial charge in [-0.15, -0.1) is 0 Å². The van der Waals surface area contributed by atoms with Gasteiger partial charge in [-0.1, -0.05) is 47.5 Å². The van der Waals surface area contributed by atoms with Crippen molar-refractivity contribution in [1.82, 2.24) is 5.32 Å². The Labute approximate surface area is 201 Å². The largest absolute Gasteiger partial charge is 0.489 e. The Balaban J connectivity index is 1.55. The molecule has 6 nitrogen and oxygen atoms in total. The van der Waals surface area contributed by atoms with Gasteiger partial charge in [-0.3, -0.25) is 9.10 Å². The fourth-order valence-electron chi connectivity index (χ4n) is 2.88. The zero-order valence-electron chi connectivity index (χ0n) is 17.6. The Hall–Kier alpha value is -2.81. The van der Waals surface area contributed by atoms with Gasteiger partial charge in [0.1, 0.15) is 24.7 Å². The fraction of sp³-hybridized carbons (Fsp3) is 0.174. The normalized spacial score (nSPS) is 11.2. The smallest absolute Gasteiger partial charge is 0.241 e. The van der Waals surface area contributed by atoms with Gasteiger partial charge in [-0.05, 0) is 53.6 Å². The molecule has 0 aliphatic heterocycles. The van der Waals surface area contributed by atoms with E-state index in [1.54, 1.807) is 36.4 Å². The molecule has 0 bridgehead atoms. The van der Waals surface area contributed by atoms with Crippen LogP contribution in [0.5, 0.6) is 5.75 Å². The van der Waals surface area contributed by atoms with Crippen LogP contribution in [0.2, 0.25) is 10.0 Å². The third kappa shape index (κ3) is 7.35. The predicted molar refractivity (Wildman–Crippen MR) is 128 cm³/mol. The van der Waals surface area contributed by atoms with Crippen LogP contribution in [0, 0.1) is 5.82 Å². The van der Waals surface area contributed by atoms with Crippen LogP contribution >= 0.6 is 23.2 Å². The Morgan fingerprint density at radius 2 is 1.61 bits per heavy atom. The van der Waals surface area contributed by atoms with Crippen molar-refractivity contribution in [3.63, 3.8) is 0 Å². The maximum atomic E-state index is 13.0. The van der Waals surface area contributed by atoms with Crippen LogP contribution in [-0.2, 0) is 28.0 Å². The lowest BCUT2D eigenvalue weighted by Crippen LogP contribution is -2.40. The first-order valence-electron chi connectivity index (χ1n) is 9.77. The van der Waals surface area contributed by atoms with E-state index >= 15 is 0 Å². The van der Waals surface area contributed by atoms with Crippen molar-refractivity contribution in [2.75, 3.05) is 17.1 Å². The summed E-state index contributed by atoms with van der Waals surface area (Å²) in [6.07, 6.45) is 1.01. The van der Waals surface area contributed by atoms with E-state index in [4.69, 9.17) is 27.9 Å². The number of ether oxygens (including phenoxy) is 1. The van der Waals surface area contributed by atoms with Crippen molar-refractivity contribution in [3.8, 4) is 5.75 Å². The maximum absolute atomic E-state index is 13.0. The van der Waals surface area contributed by atoms with Gasteiger partial charge in [-0.2, -0.15) is 0 Å². The van der Waals surface area contributed by atoms with Crippen molar-refractivity contribution < 1.29 is 22.3 Å². The maximum Gasteiger partial charge on any atom is 0.241 e. The van der Waals surface area contributed by atoms with Crippen molar-refractivity contribution in [2.24, 2.45) is 0 Å². The summed E-state index contributed by atoms with van der Waals surface area (Å²) >= 11 is 11.9. The lowest BCUT2D eigenvalue weighted by Gasteiger charge is -2.22. The Morgan fingerprint density at radius 3 is 2.21 bits per heavy atom. The number of anilines is 1. The van der Waals surface area contributed by atoms with Crippen LogP contribution in [0.15, 0.2) is 66.7 Å². The number of nitrogens with zero attached hydrogens (tertiary/aromatic N) is 1. The fourth-order valence-corrected chi connectivity index (χ4v) is 4.02. The van der Waals surface area contributed by atoms with E-state index in [0.29, 0.717) is 12.4 Å². The highest BCUT2D eigenvalue weighted by Gasteiger charge is 2.21. The van der Waals surface area contributed by atoms with Crippen LogP contribution in [0.1, 0.15) is 11.1 Å². The number of amides is 1. The van der Waals surface area contributed by atoms with Gasteiger partial charge in [0.2, 0.25) is 15.9 Å². The number of rotatable bonds is 9. The van der Waals surface area contributed by atoms with Gasteiger partial charge in [0, 0.05) is 6.54 Å². The quantitative estimate of drug-likeness (QED) is 0.448. The lowest BCUT2D eigenvalue weighted by molar-refractivity contribution is -0.119. The number of carbonyl (C=O) groups is 1. The molecule has 0 fully saturated rings. The van der Waals surface area contributed by atoms with Crippen LogP contribution in [0.3, 0.4) is 0 Å². The van der Waals surface area contributed by atoms with Gasteiger partial charge in [-0.25, -0.2) is 12.8 Å². The van der Waals surface area contributed by atoms with E-state index in [1.165, 1.54) is 30.3 Å². The first kappa shape index (κ1) is 24.8. The molecule has 0 saturated carbocycles. The molecule has 0 aliphatic rings. The lowest BCUT2D eigenvalue weighted by atomic mass is 10.2. The molecule has 174 valence electrons. The standard InChI is InChI=1S/C23H21Cl2FN2O4S/c1-33(30,31)28(19-8-11-21(24)22(25)12-19)14-23(29)27-13-16-4-9-20(10-5-16)32-15-17-2-6-18(26)7-3-17/h2-12H,13-15H2,1H3,(H,27,29). The summed E-state index contributed by atoms with van der Waals surface area (Å²) < 4.78 is 44.0. The van der Waals surface area contributed by atoms with Crippen LogP contribution in [-0.4, -0.2) is 27.1 Å². The number of carbonyl (C=O) groups excluding carboxylic acids is 1. The summed E-state index contributed by atoms with van der Waals surface area (Å²) in [7, 11) is -3.73. The van der Waals surface area contributed by atoms with Gasteiger partial charge in [0.15, 0.2) is 0 Å². The first-order chi connectivity index (χ1) is 15.6. The number of sulfonamides is 1. The molecule has 0 spiro atoms. The molecule has 0 heterocycles. The van der Waals surface area contributed by atoms with Crippen LogP contribution in [0.25, 0.3) is 0 Å². The summed E-state index contributed by atoms with van der Waals surface area (Å²) in [4.78, 5) is 12.4. The van der Waals surface area contributed by atoms with Crippen LogP contribution in [0.4, 0.5) is 10.1 Å². The van der Waals surface area contributed by atoms with E-state index < -0.39 is 22.5 Å². The second kappa shape index (κ2) is 10.9. The molecule has 0 saturated heterocycles. The summed E-state index contributed by atoms with van der Waals surface area (Å²) in [5.41, 5.74) is 1.88. The molecule has 10 heteroatoms. The Morgan fingerprint density at radius 1 is 0.970 bits per heavy atom. The van der Waals surface area contributed by atoms with Gasteiger partial charge in [0.05, 0.1) is 22.0 Å². The number of hydrogen-bond acceptors (Lipinski definition) is 4. The molecule has 0 aromatic heterocycles. The monoisotopic (exact) mass is 510 g/mol. The highest BCUT2D eigenvalue weighted by Crippen LogP contribution is 2.28.